The molecule has 11 heteroatoms. The van der Waals surface area contributed by atoms with E-state index in [4.69, 9.17) is 20.8 Å². The maximum atomic E-state index is 8.03. The fourth-order valence-electron chi connectivity index (χ4n) is 2.68. The van der Waals surface area contributed by atoms with Crippen molar-refractivity contribution < 1.29 is 37.6 Å². The minimum atomic E-state index is 0. The van der Waals surface area contributed by atoms with Crippen molar-refractivity contribution in [2.45, 2.75) is 106 Å². The van der Waals surface area contributed by atoms with Crippen LogP contribution in [0.15, 0.2) is 20.6 Å². The van der Waals surface area contributed by atoms with E-state index in [0.717, 1.165) is 13.1 Å². The van der Waals surface area contributed by atoms with Gasteiger partial charge in [-0.2, -0.15) is 0 Å². The molecule has 0 spiro atoms. The molecule has 0 aromatic carbocycles. The van der Waals surface area contributed by atoms with Crippen LogP contribution in [0.25, 0.3) is 5.32 Å². The van der Waals surface area contributed by atoms with Gasteiger partial charge < -0.3 is 26.1 Å². The molecule has 0 bridgehead atoms. The number of unbranched alkanes of at least 4 members (excludes halogenated alkanes) is 3. The summed E-state index contributed by atoms with van der Waals surface area (Å²) in [4.78, 5) is 0. The first-order chi connectivity index (χ1) is 16.8. The van der Waals surface area contributed by atoms with E-state index in [9.17, 15) is 0 Å². The normalized spacial score (nSPS) is 14.3. The predicted molar refractivity (Wildman–Crippen MR) is 154 cm³/mol. The Bertz CT molecular complexity index is 492. The van der Waals surface area contributed by atoms with Gasteiger partial charge in [-0.05, 0) is 47.0 Å². The van der Waals surface area contributed by atoms with Gasteiger partial charge in [-0.3, -0.25) is 0 Å². The van der Waals surface area contributed by atoms with Gasteiger partial charge in [0.2, 0.25) is 0 Å². The molecule has 1 aliphatic heterocycles. The molecule has 0 aliphatic carbocycles. The Morgan fingerprint density at radius 3 is 1.00 bits per heavy atom. The molecule has 1 radical (unpaired) electrons. The molecule has 4 N–H and O–H groups in total. The minimum absolute atomic E-state index is 0. The van der Waals surface area contributed by atoms with Crippen molar-refractivity contribution in [3.63, 3.8) is 0 Å². The molecule has 1 heterocycles. The van der Waals surface area contributed by atoms with Gasteiger partial charge in [0.05, 0.1) is 18.5 Å². The molecule has 0 aromatic heterocycles. The smallest absolute Gasteiger partial charge is 0.101 e. The van der Waals surface area contributed by atoms with Gasteiger partial charge in [0, 0.05) is 24.7 Å². The molecule has 0 atom stereocenters. The van der Waals surface area contributed by atoms with Crippen molar-refractivity contribution in [1.82, 2.24) is 0 Å². The maximum absolute atomic E-state index is 8.03. The van der Waals surface area contributed by atoms with E-state index in [2.05, 4.69) is 46.7 Å². The van der Waals surface area contributed by atoms with Crippen LogP contribution in [0.3, 0.4) is 0 Å². The molecular weight excluding hydrogens is 524 g/mol. The first kappa shape index (κ1) is 41.9. The Hall–Kier alpha value is -1.22. The van der Waals surface area contributed by atoms with Gasteiger partial charge in [-0.25, -0.2) is 0 Å². The van der Waals surface area contributed by atoms with E-state index in [1.807, 2.05) is 0 Å². The summed E-state index contributed by atoms with van der Waals surface area (Å²) >= 11 is 0. The Labute approximate surface area is 231 Å². The Morgan fingerprint density at radius 2 is 0.861 bits per heavy atom. The molecule has 1 fully saturated rings. The summed E-state index contributed by atoms with van der Waals surface area (Å²) in [6.45, 7) is 15.4. The molecule has 1 rings (SSSR count). The van der Waals surface area contributed by atoms with Gasteiger partial charge in [0.25, 0.3) is 0 Å². The Morgan fingerprint density at radius 1 is 0.583 bits per heavy atom. The van der Waals surface area contributed by atoms with Crippen molar-refractivity contribution in [2.75, 3.05) is 31.6 Å². The summed E-state index contributed by atoms with van der Waals surface area (Å²) in [7, 11) is 0.0675. The molecule has 1 saturated heterocycles. The number of hydrogen-bond acceptors (Lipinski definition) is 8. The van der Waals surface area contributed by atoms with E-state index in [1.54, 1.807) is 18.5 Å². The third-order valence-electron chi connectivity index (χ3n) is 5.43. The second kappa shape index (κ2) is 33.8. The Kier molecular flexibility index (Phi) is 39.3. The number of piperidine rings is 1. The predicted octanol–water partition coefficient (Wildman–Crippen LogP) is 7.52. The second-order valence-electron chi connectivity index (χ2n) is 8.53. The van der Waals surface area contributed by atoms with Crippen molar-refractivity contribution in [3.8, 4) is 0 Å². The molecule has 0 unspecified atom stereocenters. The summed E-state index contributed by atoms with van der Waals surface area (Å²) in [5, 5.41) is 47.4. The van der Waals surface area contributed by atoms with Crippen LogP contribution in [0.1, 0.15) is 106 Å². The summed E-state index contributed by atoms with van der Waals surface area (Å²) in [5.41, 5.74) is 1.25. The van der Waals surface area contributed by atoms with Crippen molar-refractivity contribution in [1.29, 1.82) is 0 Å². The molecule has 1 aliphatic rings. The quantitative estimate of drug-likeness (QED) is 0.0870. The van der Waals surface area contributed by atoms with Gasteiger partial charge in [-0.15, -0.1) is 13.1 Å². The first-order valence-electron chi connectivity index (χ1n) is 13.0. The van der Waals surface area contributed by atoms with E-state index in [-0.39, 0.29) is 24.7 Å². The molecular formula is C25H54CoN5O4P. The van der Waals surface area contributed by atoms with E-state index in [0.29, 0.717) is 22.8 Å². The van der Waals surface area contributed by atoms with Crippen LogP contribution in [-0.4, -0.2) is 75.3 Å². The number of nitrogens with zero attached hydrogens (tertiary/aromatic N) is 5. The van der Waals surface area contributed by atoms with Crippen molar-refractivity contribution >= 4 is 30.8 Å². The summed E-state index contributed by atoms with van der Waals surface area (Å²) < 4.78 is 0. The van der Waals surface area contributed by atoms with Crippen LogP contribution in [0.4, 0.5) is 0 Å². The molecule has 9 nitrogen and oxygen atoms in total. The van der Waals surface area contributed by atoms with Crippen LogP contribution >= 0.6 is 7.92 Å². The van der Waals surface area contributed by atoms with E-state index < -0.39 is 0 Å². The minimum Gasteiger partial charge on any atom is -0.662 e. The van der Waals surface area contributed by atoms with E-state index >= 15 is 0 Å². The zero-order valence-corrected chi connectivity index (χ0v) is 25.8. The average Bonchev–Trinajstić information content (AvgIpc) is 2.92. The topological polar surface area (TPSA) is 144 Å². The van der Waals surface area contributed by atoms with E-state index in [1.165, 1.54) is 85.5 Å². The SMILES string of the molecule is C1CC[N-]CC1.CC(=N\O)/C(C)=N/O.CC(=N\O)/C(C)=N/O.CCCC[PH+](CCCC)CCCC.[Co]. The summed E-state index contributed by atoms with van der Waals surface area (Å²) in [6, 6.07) is 0. The van der Waals surface area contributed by atoms with Gasteiger partial charge in [0.1, 0.15) is 22.8 Å². The standard InChI is InChI=1S/C12H27P.C5H10N.2C4H8N2O2.Co/c1-4-7-10-13(11-8-5-2)12-9-6-3;1-2-4-6-5-3-1;2*1-3(5-7)4(2)6-8;/h4-12H2,1-3H3;1-5H2;2*7-8H,1-2H3;/q;-1;;;/p+1/b;;2*5-3+,6-4+;. The first-order valence-corrected chi connectivity index (χ1v) is 15.1. The summed E-state index contributed by atoms with van der Waals surface area (Å²) in [6.07, 6.45) is 17.5. The van der Waals surface area contributed by atoms with Crippen LogP contribution in [0.5, 0.6) is 0 Å². The molecule has 0 saturated carbocycles. The third-order valence-corrected chi connectivity index (χ3v) is 8.61. The van der Waals surface area contributed by atoms with Gasteiger partial charge in [0.15, 0.2) is 0 Å². The zero-order valence-electron chi connectivity index (χ0n) is 23.8. The number of hydrogen-bond donors (Lipinski definition) is 4. The van der Waals surface area contributed by atoms with Gasteiger partial charge >= 0.3 is 0 Å². The second-order valence-corrected chi connectivity index (χ2v) is 11.5. The van der Waals surface area contributed by atoms with Crippen LogP contribution in [-0.2, 0) is 16.8 Å². The molecule has 0 amide bonds. The monoisotopic (exact) mass is 578 g/mol. The van der Waals surface area contributed by atoms with Crippen LogP contribution < -0.4 is 0 Å². The average molecular weight is 579 g/mol. The molecule has 36 heavy (non-hydrogen) atoms. The van der Waals surface area contributed by atoms with Crippen molar-refractivity contribution in [2.24, 2.45) is 20.6 Å². The Balaban J connectivity index is -0.000000195. The van der Waals surface area contributed by atoms with Crippen LogP contribution in [0.2, 0.25) is 0 Å². The number of oxime groups is 4. The fourth-order valence-corrected chi connectivity index (χ4v) is 5.99. The molecule has 217 valence electrons. The van der Waals surface area contributed by atoms with Crippen LogP contribution in [0, 0.1) is 0 Å². The third kappa shape index (κ3) is 30.8. The van der Waals surface area contributed by atoms with Crippen molar-refractivity contribution in [3.05, 3.63) is 5.32 Å². The summed E-state index contributed by atoms with van der Waals surface area (Å²) in [5.74, 6) is 0. The molecule has 0 aromatic rings. The zero-order chi connectivity index (χ0) is 27.3. The number of rotatable bonds is 11. The fraction of sp³-hybridized carbons (Fsp3) is 0.840. The maximum Gasteiger partial charge on any atom is 0.101 e. The van der Waals surface area contributed by atoms with Gasteiger partial charge in [-0.1, -0.05) is 79.9 Å². The largest absolute Gasteiger partial charge is 0.662 e.